The van der Waals surface area contributed by atoms with Crippen LogP contribution in [0.4, 0.5) is 11.4 Å². The fourth-order valence-corrected chi connectivity index (χ4v) is 8.38. The van der Waals surface area contributed by atoms with Crippen LogP contribution in [0, 0.1) is 0 Å². The molecule has 1 nitrogen and oxygen atoms in total. The molecule has 0 amide bonds. The number of rotatable bonds is 9. The molecule has 0 bridgehead atoms. The van der Waals surface area contributed by atoms with Crippen LogP contribution in [-0.4, -0.2) is 0 Å². The third kappa shape index (κ3) is 5.99. The van der Waals surface area contributed by atoms with Gasteiger partial charge in [-0.3, -0.25) is 0 Å². The Balaban J connectivity index is 1.46. The van der Waals surface area contributed by atoms with E-state index in [0.29, 0.717) is 0 Å². The summed E-state index contributed by atoms with van der Waals surface area (Å²) in [5, 5.41) is 2.63. The molecule has 0 N–H and O–H groups in total. The fraction of sp³-hybridized carbons (Fsp3) is 0.143. The molecule has 0 atom stereocenters. The van der Waals surface area contributed by atoms with E-state index in [-0.39, 0.29) is 10.8 Å². The summed E-state index contributed by atoms with van der Waals surface area (Å²) in [4.78, 5) is 0. The van der Waals surface area contributed by atoms with Crippen molar-refractivity contribution in [1.29, 1.82) is 0 Å². The normalized spacial score (nSPS) is 11.8. The summed E-state index contributed by atoms with van der Waals surface area (Å²) in [7, 11) is -0.897. The summed E-state index contributed by atoms with van der Waals surface area (Å²) in [6, 6.07) is 62.0. The topological polar surface area (TPSA) is 3.24 Å². The Morgan fingerprint density at radius 3 is 0.932 bits per heavy atom. The van der Waals surface area contributed by atoms with Gasteiger partial charge in [-0.2, -0.15) is 0 Å². The smallest absolute Gasteiger partial charge is 0.0598 e. The van der Waals surface area contributed by atoms with Crippen molar-refractivity contribution in [2.45, 2.75) is 38.5 Å². The van der Waals surface area contributed by atoms with Crippen LogP contribution in [0.15, 0.2) is 170 Å². The minimum Gasteiger partial charge on any atom is -0.312 e. The quantitative estimate of drug-likeness (QED) is 0.152. The molecule has 44 heavy (non-hydrogen) atoms. The van der Waals surface area contributed by atoms with Crippen LogP contribution in [0.3, 0.4) is 0 Å². The lowest BCUT2D eigenvalue weighted by atomic mass is 9.78. The molecule has 0 aliphatic rings. The maximum Gasteiger partial charge on any atom is 0.0598 e. The third-order valence-electron chi connectivity index (χ3n) is 8.86. The fourth-order valence-electron chi connectivity index (χ4n) is 5.98. The van der Waals surface area contributed by atoms with E-state index in [2.05, 4.69) is 202 Å². The van der Waals surface area contributed by atoms with Gasteiger partial charge in [0.25, 0.3) is 0 Å². The van der Waals surface area contributed by atoms with Crippen molar-refractivity contribution < 1.29 is 0 Å². The Kier molecular flexibility index (Phi) is 8.51. The van der Waals surface area contributed by atoms with Crippen molar-refractivity contribution in [3.8, 4) is 0 Å². The molecule has 0 aliphatic carbocycles. The van der Waals surface area contributed by atoms with Crippen LogP contribution < -0.4 is 15.3 Å². The molecule has 0 aliphatic heterocycles. The largest absolute Gasteiger partial charge is 0.312 e. The monoisotopic (exact) mass is 589 g/mol. The van der Waals surface area contributed by atoms with Gasteiger partial charge in [0.15, 0.2) is 0 Å². The van der Waals surface area contributed by atoms with Crippen molar-refractivity contribution in [3.63, 3.8) is 0 Å². The Morgan fingerprint density at radius 2 is 0.614 bits per heavy atom. The van der Waals surface area contributed by atoms with Gasteiger partial charge in [-0.05, 0) is 46.5 Å². The lowest BCUT2D eigenvalue weighted by Gasteiger charge is -2.35. The maximum absolute atomic E-state index is 2.55. The standard InChI is InChI=1S/C42H40NP/c1-41(2,33-17-9-5-10-18-33)35-25-29-37(30-26-35)43(44(39-21-13-7-14-22-39)40-23-15-8-16-24-40)38-31-27-36(28-32-38)42(3,4)34-19-11-6-12-20-34/h5-32H,1-4H3. The lowest BCUT2D eigenvalue weighted by molar-refractivity contribution is 0.641. The van der Waals surface area contributed by atoms with Gasteiger partial charge in [0.2, 0.25) is 0 Å². The average molecular weight is 590 g/mol. The molecule has 218 valence electrons. The summed E-state index contributed by atoms with van der Waals surface area (Å²) < 4.78 is 2.55. The molecular formula is C42H40NP. The second kappa shape index (κ2) is 12.7. The van der Waals surface area contributed by atoms with E-state index in [9.17, 15) is 0 Å². The lowest BCUT2D eigenvalue weighted by Crippen LogP contribution is -2.26. The summed E-state index contributed by atoms with van der Waals surface area (Å²) in [6.45, 7) is 9.23. The van der Waals surface area contributed by atoms with E-state index in [0.717, 1.165) is 0 Å². The first kappa shape index (κ1) is 29.6. The molecule has 0 fully saturated rings. The van der Waals surface area contributed by atoms with E-state index in [1.54, 1.807) is 0 Å². The molecule has 2 heteroatoms. The van der Waals surface area contributed by atoms with Crippen LogP contribution in [0.25, 0.3) is 0 Å². The van der Waals surface area contributed by atoms with Crippen molar-refractivity contribution in [1.82, 2.24) is 0 Å². The molecule has 0 spiro atoms. The zero-order valence-corrected chi connectivity index (χ0v) is 27.0. The van der Waals surface area contributed by atoms with Crippen molar-refractivity contribution in [2.24, 2.45) is 0 Å². The first-order chi connectivity index (χ1) is 21.4. The molecule has 0 heterocycles. The highest BCUT2D eigenvalue weighted by molar-refractivity contribution is 7.74. The summed E-state index contributed by atoms with van der Waals surface area (Å²) >= 11 is 0. The molecule has 0 saturated carbocycles. The number of hydrogen-bond acceptors (Lipinski definition) is 1. The molecule has 6 aromatic rings. The zero-order chi connectivity index (χ0) is 30.6. The Morgan fingerprint density at radius 1 is 0.341 bits per heavy atom. The highest BCUT2D eigenvalue weighted by Crippen LogP contribution is 2.49. The predicted octanol–water partition coefficient (Wildman–Crippen LogP) is 10.5. The molecular weight excluding hydrogens is 549 g/mol. The van der Waals surface area contributed by atoms with Crippen molar-refractivity contribution in [3.05, 3.63) is 192 Å². The predicted molar refractivity (Wildman–Crippen MR) is 191 cm³/mol. The highest BCUT2D eigenvalue weighted by atomic mass is 31.1. The zero-order valence-electron chi connectivity index (χ0n) is 26.1. The number of anilines is 2. The Labute approximate surface area is 264 Å². The molecule has 0 aromatic heterocycles. The van der Waals surface area contributed by atoms with Crippen LogP contribution in [0.5, 0.6) is 0 Å². The van der Waals surface area contributed by atoms with E-state index in [1.165, 1.54) is 44.2 Å². The van der Waals surface area contributed by atoms with Gasteiger partial charge in [-0.25, -0.2) is 0 Å². The minimum atomic E-state index is -0.897. The Hall–Kier alpha value is -4.45. The van der Waals surface area contributed by atoms with E-state index >= 15 is 0 Å². The van der Waals surface area contributed by atoms with Crippen molar-refractivity contribution >= 4 is 30.1 Å². The first-order valence-electron chi connectivity index (χ1n) is 15.4. The van der Waals surface area contributed by atoms with E-state index in [4.69, 9.17) is 0 Å². The van der Waals surface area contributed by atoms with E-state index in [1.807, 2.05) is 0 Å². The van der Waals surface area contributed by atoms with Crippen LogP contribution in [-0.2, 0) is 10.8 Å². The van der Waals surface area contributed by atoms with Crippen LogP contribution in [0.2, 0.25) is 0 Å². The number of hydrogen-bond donors (Lipinski definition) is 0. The van der Waals surface area contributed by atoms with Gasteiger partial charge >= 0.3 is 0 Å². The van der Waals surface area contributed by atoms with Gasteiger partial charge < -0.3 is 4.67 Å². The second-order valence-electron chi connectivity index (χ2n) is 12.4. The van der Waals surface area contributed by atoms with Crippen molar-refractivity contribution in [2.75, 3.05) is 4.67 Å². The third-order valence-corrected chi connectivity index (χ3v) is 11.3. The van der Waals surface area contributed by atoms with Gasteiger partial charge in [-0.15, -0.1) is 0 Å². The van der Waals surface area contributed by atoms with Gasteiger partial charge in [0.1, 0.15) is 0 Å². The summed E-state index contributed by atoms with van der Waals surface area (Å²) in [6.07, 6.45) is 0. The average Bonchev–Trinajstić information content (AvgIpc) is 3.09. The van der Waals surface area contributed by atoms with Crippen LogP contribution in [0.1, 0.15) is 49.9 Å². The number of nitrogens with zero attached hydrogens (tertiary/aromatic N) is 1. The summed E-state index contributed by atoms with van der Waals surface area (Å²) in [5.74, 6) is 0. The Bertz CT molecular complexity index is 1630. The highest BCUT2D eigenvalue weighted by Gasteiger charge is 2.28. The van der Waals surface area contributed by atoms with E-state index < -0.39 is 8.07 Å². The van der Waals surface area contributed by atoms with Gasteiger partial charge in [0.05, 0.1) is 8.07 Å². The second-order valence-corrected chi connectivity index (χ2v) is 14.4. The van der Waals surface area contributed by atoms with Gasteiger partial charge in [0, 0.05) is 32.8 Å². The van der Waals surface area contributed by atoms with Crippen LogP contribution >= 0.6 is 8.07 Å². The number of benzene rings is 6. The first-order valence-corrected chi connectivity index (χ1v) is 16.7. The molecule has 0 unspecified atom stereocenters. The van der Waals surface area contributed by atoms with Gasteiger partial charge in [-0.1, -0.05) is 173 Å². The summed E-state index contributed by atoms with van der Waals surface area (Å²) in [5.41, 5.74) is 7.41. The minimum absolute atomic E-state index is 0.0983. The maximum atomic E-state index is 2.55. The molecule has 6 rings (SSSR count). The SMILES string of the molecule is CC(C)(c1ccccc1)c1ccc(N(c2ccc(C(C)(C)c3ccccc3)cc2)P(c2ccccc2)c2ccccc2)cc1. The molecule has 6 aromatic carbocycles. The molecule has 0 radical (unpaired) electrons. The molecule has 0 saturated heterocycles.